The van der Waals surface area contributed by atoms with E-state index in [1.165, 1.54) is 4.90 Å². The fourth-order valence-corrected chi connectivity index (χ4v) is 4.26. The molecule has 1 unspecified atom stereocenters. The maximum atomic E-state index is 12.4. The molecule has 1 N–H and O–H groups in total. The Morgan fingerprint density at radius 1 is 1.07 bits per heavy atom. The second kappa shape index (κ2) is 7.70. The summed E-state index contributed by atoms with van der Waals surface area (Å²) in [6.07, 6.45) is -0.980. The van der Waals surface area contributed by atoms with Gasteiger partial charge >= 0.3 is 6.09 Å². The Bertz CT molecular complexity index is 956. The number of carbonyl (C=O) groups is 1. The lowest BCUT2D eigenvalue weighted by molar-refractivity contribution is 0.143. The summed E-state index contributed by atoms with van der Waals surface area (Å²) in [6.45, 7) is 6.24. The third-order valence-corrected chi connectivity index (χ3v) is 6.11. The number of hydrogen-bond donors (Lipinski definition) is 1. The topological polar surface area (TPSA) is 75.7 Å². The van der Waals surface area contributed by atoms with E-state index in [1.54, 1.807) is 6.07 Å². The highest BCUT2D eigenvalue weighted by molar-refractivity contribution is 7.88. The van der Waals surface area contributed by atoms with Crippen molar-refractivity contribution in [3.8, 4) is 0 Å². The second-order valence-electron chi connectivity index (χ2n) is 6.92. The molecular weight excluding hydrogens is 364 g/mol. The lowest BCUT2D eigenvalue weighted by atomic mass is 10.1. The highest BCUT2D eigenvalue weighted by Crippen LogP contribution is 2.24. The van der Waals surface area contributed by atoms with Gasteiger partial charge in [-0.2, -0.15) is 0 Å². The van der Waals surface area contributed by atoms with Crippen LogP contribution in [0.15, 0.2) is 42.5 Å². The van der Waals surface area contributed by atoms with Crippen molar-refractivity contribution < 1.29 is 17.9 Å². The van der Waals surface area contributed by atoms with Crippen LogP contribution in [-0.2, 0) is 20.5 Å². The summed E-state index contributed by atoms with van der Waals surface area (Å²) in [5.41, 5.74) is 4.67. The Labute approximate surface area is 160 Å². The maximum absolute atomic E-state index is 12.4. The van der Waals surface area contributed by atoms with Gasteiger partial charge in [-0.05, 0) is 55.2 Å². The summed E-state index contributed by atoms with van der Waals surface area (Å²) in [6, 6.07) is 13.1. The van der Waals surface area contributed by atoms with Crippen molar-refractivity contribution in [1.82, 2.24) is 4.72 Å². The molecule has 0 aromatic heterocycles. The van der Waals surface area contributed by atoms with Crippen LogP contribution >= 0.6 is 0 Å². The first-order valence-electron chi connectivity index (χ1n) is 8.82. The number of ether oxygens (including phenoxy) is 1. The molecule has 1 aliphatic heterocycles. The molecule has 7 heteroatoms. The van der Waals surface area contributed by atoms with Gasteiger partial charge in [-0.1, -0.05) is 30.3 Å². The second-order valence-corrected chi connectivity index (χ2v) is 8.73. The number of cyclic esters (lactones) is 1. The van der Waals surface area contributed by atoms with Crippen LogP contribution in [0.3, 0.4) is 0 Å². The number of nitrogens with one attached hydrogen (secondary N) is 1. The van der Waals surface area contributed by atoms with Gasteiger partial charge in [0, 0.05) is 12.2 Å². The molecule has 1 saturated heterocycles. The van der Waals surface area contributed by atoms with Crippen LogP contribution in [-0.4, -0.2) is 33.7 Å². The number of amides is 1. The smallest absolute Gasteiger partial charge is 0.414 e. The standard InChI is InChI=1S/C20H24N2O4S/c1-14-8-9-18(10-16(14)3)22-12-19(26-20(22)23)11-21-27(24,25)13-17-7-5-4-6-15(17)2/h4-10,19,21H,11-13H2,1-3H3. The first-order chi connectivity index (χ1) is 12.7. The average Bonchev–Trinajstić information content (AvgIpc) is 2.98. The zero-order valence-corrected chi connectivity index (χ0v) is 16.5. The number of anilines is 1. The summed E-state index contributed by atoms with van der Waals surface area (Å²) >= 11 is 0. The van der Waals surface area contributed by atoms with Crippen molar-refractivity contribution in [3.05, 3.63) is 64.7 Å². The summed E-state index contributed by atoms with van der Waals surface area (Å²) < 4.78 is 32.6. The molecule has 0 spiro atoms. The van der Waals surface area contributed by atoms with Gasteiger partial charge < -0.3 is 4.74 Å². The van der Waals surface area contributed by atoms with E-state index in [1.807, 2.05) is 57.2 Å². The van der Waals surface area contributed by atoms with Crippen molar-refractivity contribution in [1.29, 1.82) is 0 Å². The highest BCUT2D eigenvalue weighted by atomic mass is 32.2. The van der Waals surface area contributed by atoms with Crippen molar-refractivity contribution >= 4 is 21.8 Å². The molecule has 1 amide bonds. The minimum Gasteiger partial charge on any atom is -0.443 e. The first kappa shape index (κ1) is 19.4. The Kier molecular flexibility index (Phi) is 5.53. The normalized spacial score (nSPS) is 17.2. The van der Waals surface area contributed by atoms with E-state index in [9.17, 15) is 13.2 Å². The molecule has 3 rings (SSSR count). The molecule has 0 radical (unpaired) electrons. The first-order valence-corrected chi connectivity index (χ1v) is 10.5. The van der Waals surface area contributed by atoms with Crippen LogP contribution in [0, 0.1) is 20.8 Å². The molecule has 2 aromatic rings. The number of benzene rings is 2. The zero-order chi connectivity index (χ0) is 19.6. The summed E-state index contributed by atoms with van der Waals surface area (Å²) in [7, 11) is -3.52. The quantitative estimate of drug-likeness (QED) is 0.825. The molecule has 1 aliphatic rings. The Morgan fingerprint density at radius 3 is 2.52 bits per heavy atom. The summed E-state index contributed by atoms with van der Waals surface area (Å²) in [5.74, 6) is -0.0960. The molecule has 144 valence electrons. The Hall–Kier alpha value is -2.38. The maximum Gasteiger partial charge on any atom is 0.414 e. The van der Waals surface area contributed by atoms with Gasteiger partial charge in [0.05, 0.1) is 12.3 Å². The van der Waals surface area contributed by atoms with Crippen LogP contribution in [0.25, 0.3) is 0 Å². The van der Waals surface area contributed by atoms with Gasteiger partial charge in [0.2, 0.25) is 10.0 Å². The van der Waals surface area contributed by atoms with Crippen LogP contribution < -0.4 is 9.62 Å². The van der Waals surface area contributed by atoms with Crippen LogP contribution in [0.2, 0.25) is 0 Å². The van der Waals surface area contributed by atoms with Gasteiger partial charge in [0.25, 0.3) is 0 Å². The predicted molar refractivity (Wildman–Crippen MR) is 105 cm³/mol. The average molecular weight is 388 g/mol. The SMILES string of the molecule is Cc1ccc(N2CC(CNS(=O)(=O)Cc3ccccc3C)OC2=O)cc1C. The summed E-state index contributed by atoms with van der Waals surface area (Å²) in [5, 5.41) is 0. The zero-order valence-electron chi connectivity index (χ0n) is 15.7. The number of sulfonamides is 1. The van der Waals surface area contributed by atoms with E-state index >= 15 is 0 Å². The van der Waals surface area contributed by atoms with Gasteiger partial charge in [-0.25, -0.2) is 17.9 Å². The number of rotatable bonds is 6. The lowest BCUT2D eigenvalue weighted by Crippen LogP contribution is -2.35. The van der Waals surface area contributed by atoms with Crippen molar-refractivity contribution in [2.45, 2.75) is 32.6 Å². The van der Waals surface area contributed by atoms with Crippen molar-refractivity contribution in [3.63, 3.8) is 0 Å². The molecule has 0 bridgehead atoms. The summed E-state index contributed by atoms with van der Waals surface area (Å²) in [4.78, 5) is 13.7. The molecule has 1 atom stereocenters. The fraction of sp³-hybridized carbons (Fsp3) is 0.350. The Balaban J connectivity index is 1.61. The van der Waals surface area contributed by atoms with E-state index < -0.39 is 22.2 Å². The van der Waals surface area contributed by atoms with E-state index in [4.69, 9.17) is 4.74 Å². The number of aryl methyl sites for hydroxylation is 3. The number of nitrogens with zero attached hydrogens (tertiary/aromatic N) is 1. The molecule has 6 nitrogen and oxygen atoms in total. The third kappa shape index (κ3) is 4.67. The fourth-order valence-electron chi connectivity index (χ4n) is 2.98. The minimum atomic E-state index is -3.52. The van der Waals surface area contributed by atoms with Crippen LogP contribution in [0.4, 0.5) is 10.5 Å². The van der Waals surface area contributed by atoms with Crippen LogP contribution in [0.1, 0.15) is 22.3 Å². The van der Waals surface area contributed by atoms with E-state index in [0.717, 1.165) is 27.9 Å². The molecule has 1 heterocycles. The molecule has 27 heavy (non-hydrogen) atoms. The predicted octanol–water partition coefficient (Wildman–Crippen LogP) is 3.06. The minimum absolute atomic E-state index is 0.0568. The number of carbonyl (C=O) groups excluding carboxylic acids is 1. The molecule has 2 aromatic carbocycles. The van der Waals surface area contributed by atoms with Crippen molar-refractivity contribution in [2.75, 3.05) is 18.0 Å². The highest BCUT2D eigenvalue weighted by Gasteiger charge is 2.33. The van der Waals surface area contributed by atoms with Gasteiger partial charge in [0.15, 0.2) is 0 Å². The monoisotopic (exact) mass is 388 g/mol. The van der Waals surface area contributed by atoms with E-state index in [0.29, 0.717) is 6.54 Å². The van der Waals surface area contributed by atoms with Crippen LogP contribution in [0.5, 0.6) is 0 Å². The lowest BCUT2D eigenvalue weighted by Gasteiger charge is -2.15. The largest absolute Gasteiger partial charge is 0.443 e. The molecule has 0 saturated carbocycles. The van der Waals surface area contributed by atoms with Gasteiger partial charge in [-0.15, -0.1) is 0 Å². The number of hydrogen-bond acceptors (Lipinski definition) is 4. The van der Waals surface area contributed by atoms with E-state index in [2.05, 4.69) is 4.72 Å². The van der Waals surface area contributed by atoms with Gasteiger partial charge in [-0.3, -0.25) is 4.90 Å². The molecular formula is C20H24N2O4S. The molecule has 1 fully saturated rings. The van der Waals surface area contributed by atoms with Gasteiger partial charge in [0.1, 0.15) is 6.10 Å². The van der Waals surface area contributed by atoms with Crippen molar-refractivity contribution in [2.24, 2.45) is 0 Å². The Morgan fingerprint density at radius 2 is 1.81 bits per heavy atom. The third-order valence-electron chi connectivity index (χ3n) is 4.81. The molecule has 0 aliphatic carbocycles. The van der Waals surface area contributed by atoms with E-state index in [-0.39, 0.29) is 12.3 Å².